The Morgan fingerprint density at radius 3 is 2.94 bits per heavy atom. The first kappa shape index (κ1) is 21.3. The Balaban J connectivity index is 1.46. The number of fused-ring (bicyclic) bond motifs is 1. The SMILES string of the molecule is O=C(NCCO)[C@@H]1C[C@H](COc2cccc(F)c2)CN(Cc2c[nH]c3ccccc23)C1. The highest BCUT2D eigenvalue weighted by Gasteiger charge is 2.32. The third kappa shape index (κ3) is 5.42. The van der Waals surface area contributed by atoms with Crippen LogP contribution in [-0.4, -0.2) is 53.7 Å². The fourth-order valence-corrected chi connectivity index (χ4v) is 4.34. The van der Waals surface area contributed by atoms with Gasteiger partial charge in [-0.2, -0.15) is 0 Å². The largest absolute Gasteiger partial charge is 0.493 e. The fourth-order valence-electron chi connectivity index (χ4n) is 4.34. The molecular formula is C24H28FN3O3. The molecule has 0 bridgehead atoms. The third-order valence-electron chi connectivity index (χ3n) is 5.75. The molecule has 3 aromatic rings. The number of benzene rings is 2. The number of likely N-dealkylation sites (tertiary alicyclic amines) is 1. The minimum Gasteiger partial charge on any atom is -0.493 e. The molecule has 2 aromatic carbocycles. The minimum absolute atomic E-state index is 0.0477. The molecule has 164 valence electrons. The minimum atomic E-state index is -0.330. The van der Waals surface area contributed by atoms with Gasteiger partial charge in [-0.25, -0.2) is 4.39 Å². The van der Waals surface area contributed by atoms with Gasteiger partial charge in [0.2, 0.25) is 5.91 Å². The predicted octanol–water partition coefficient (Wildman–Crippen LogP) is 2.93. The molecule has 1 fully saturated rings. The van der Waals surface area contributed by atoms with Gasteiger partial charge in [-0.3, -0.25) is 9.69 Å². The number of carbonyl (C=O) groups is 1. The number of carbonyl (C=O) groups excluding carboxylic acids is 1. The quantitative estimate of drug-likeness (QED) is 0.519. The summed E-state index contributed by atoms with van der Waals surface area (Å²) in [6.45, 7) is 2.75. The van der Waals surface area contributed by atoms with Crippen LogP contribution in [0.15, 0.2) is 54.7 Å². The van der Waals surface area contributed by atoms with Crippen LogP contribution in [0.3, 0.4) is 0 Å². The van der Waals surface area contributed by atoms with Crippen molar-refractivity contribution in [1.82, 2.24) is 15.2 Å². The van der Waals surface area contributed by atoms with E-state index >= 15 is 0 Å². The molecule has 1 aliphatic rings. The van der Waals surface area contributed by atoms with E-state index in [0.29, 0.717) is 25.3 Å². The van der Waals surface area contributed by atoms with Gasteiger partial charge in [-0.05, 0) is 30.2 Å². The Morgan fingerprint density at radius 2 is 2.10 bits per heavy atom. The number of piperidine rings is 1. The molecule has 0 unspecified atom stereocenters. The molecule has 0 saturated carbocycles. The highest BCUT2D eigenvalue weighted by Crippen LogP contribution is 2.27. The van der Waals surface area contributed by atoms with E-state index in [1.54, 1.807) is 12.1 Å². The summed E-state index contributed by atoms with van der Waals surface area (Å²) in [5.41, 5.74) is 2.29. The highest BCUT2D eigenvalue weighted by atomic mass is 19.1. The Morgan fingerprint density at radius 1 is 1.23 bits per heavy atom. The maximum absolute atomic E-state index is 13.5. The number of rotatable bonds is 8. The molecular weight excluding hydrogens is 397 g/mol. The number of H-pyrrole nitrogens is 1. The molecule has 0 radical (unpaired) electrons. The van der Waals surface area contributed by atoms with Crippen molar-refractivity contribution in [2.45, 2.75) is 13.0 Å². The zero-order chi connectivity index (χ0) is 21.6. The number of ether oxygens (including phenoxy) is 1. The lowest BCUT2D eigenvalue weighted by molar-refractivity contribution is -0.128. The molecule has 6 nitrogen and oxygen atoms in total. The summed E-state index contributed by atoms with van der Waals surface area (Å²) in [5, 5.41) is 13.0. The van der Waals surface area contributed by atoms with Crippen LogP contribution >= 0.6 is 0 Å². The average molecular weight is 426 g/mol. The second-order valence-electron chi connectivity index (χ2n) is 8.14. The molecule has 0 spiro atoms. The highest BCUT2D eigenvalue weighted by molar-refractivity contribution is 5.83. The summed E-state index contributed by atoms with van der Waals surface area (Å²) >= 11 is 0. The summed E-state index contributed by atoms with van der Waals surface area (Å²) in [6, 6.07) is 14.3. The number of aromatic amines is 1. The number of para-hydroxylation sites is 1. The zero-order valence-electron chi connectivity index (χ0n) is 17.4. The molecule has 1 saturated heterocycles. The van der Waals surface area contributed by atoms with Crippen LogP contribution < -0.4 is 10.1 Å². The summed E-state index contributed by atoms with van der Waals surface area (Å²) in [7, 11) is 0. The number of hydrogen-bond donors (Lipinski definition) is 3. The van der Waals surface area contributed by atoms with E-state index in [0.717, 1.165) is 18.6 Å². The second kappa shape index (κ2) is 9.94. The molecule has 7 heteroatoms. The van der Waals surface area contributed by atoms with Gasteiger partial charge in [0.15, 0.2) is 0 Å². The number of nitrogens with zero attached hydrogens (tertiary/aromatic N) is 1. The monoisotopic (exact) mass is 425 g/mol. The molecule has 0 aliphatic carbocycles. The van der Waals surface area contributed by atoms with E-state index in [9.17, 15) is 9.18 Å². The van der Waals surface area contributed by atoms with Crippen LogP contribution in [0.1, 0.15) is 12.0 Å². The van der Waals surface area contributed by atoms with Gasteiger partial charge in [0.25, 0.3) is 0 Å². The summed E-state index contributed by atoms with van der Waals surface area (Å²) in [5.74, 6) is 0.0607. The maximum atomic E-state index is 13.5. The Kier molecular flexibility index (Phi) is 6.84. The van der Waals surface area contributed by atoms with Crippen molar-refractivity contribution in [3.63, 3.8) is 0 Å². The molecule has 4 rings (SSSR count). The van der Waals surface area contributed by atoms with E-state index in [2.05, 4.69) is 27.3 Å². The average Bonchev–Trinajstić information content (AvgIpc) is 3.19. The number of hydrogen-bond acceptors (Lipinski definition) is 4. The van der Waals surface area contributed by atoms with Crippen LogP contribution in [0.25, 0.3) is 10.9 Å². The second-order valence-corrected chi connectivity index (χ2v) is 8.14. The van der Waals surface area contributed by atoms with Gasteiger partial charge < -0.3 is 20.1 Å². The van der Waals surface area contributed by atoms with E-state index in [1.165, 1.54) is 23.1 Å². The van der Waals surface area contributed by atoms with Crippen molar-refractivity contribution in [3.05, 3.63) is 66.1 Å². The normalized spacial score (nSPS) is 19.4. The van der Waals surface area contributed by atoms with E-state index in [1.807, 2.05) is 18.3 Å². The number of aliphatic hydroxyl groups is 1. The Bertz CT molecular complexity index is 1020. The van der Waals surface area contributed by atoms with Gasteiger partial charge >= 0.3 is 0 Å². The number of aliphatic hydroxyl groups excluding tert-OH is 1. The van der Waals surface area contributed by atoms with Crippen molar-refractivity contribution in [1.29, 1.82) is 0 Å². The van der Waals surface area contributed by atoms with Crippen LogP contribution in [-0.2, 0) is 11.3 Å². The molecule has 31 heavy (non-hydrogen) atoms. The summed E-state index contributed by atoms with van der Waals surface area (Å²) in [4.78, 5) is 18.2. The van der Waals surface area contributed by atoms with Crippen molar-refractivity contribution >= 4 is 16.8 Å². The summed E-state index contributed by atoms with van der Waals surface area (Å²) < 4.78 is 19.3. The van der Waals surface area contributed by atoms with Crippen LogP contribution in [0.2, 0.25) is 0 Å². The van der Waals surface area contributed by atoms with E-state index in [-0.39, 0.29) is 36.7 Å². The molecule has 1 amide bonds. The number of nitrogens with one attached hydrogen (secondary N) is 2. The molecule has 1 aromatic heterocycles. The van der Waals surface area contributed by atoms with Crippen LogP contribution in [0.5, 0.6) is 5.75 Å². The van der Waals surface area contributed by atoms with Crippen LogP contribution in [0, 0.1) is 17.7 Å². The summed E-state index contributed by atoms with van der Waals surface area (Å²) in [6.07, 6.45) is 2.72. The first-order valence-electron chi connectivity index (χ1n) is 10.7. The van der Waals surface area contributed by atoms with Gasteiger partial charge in [-0.15, -0.1) is 0 Å². The van der Waals surface area contributed by atoms with E-state index < -0.39 is 0 Å². The predicted molar refractivity (Wildman–Crippen MR) is 117 cm³/mol. The lowest BCUT2D eigenvalue weighted by Crippen LogP contribution is -2.47. The standard InChI is InChI=1S/C24H28FN3O3/c25-20-4-3-5-21(11-20)31-16-17-10-18(24(30)26-8-9-29)14-28(13-17)15-19-12-27-23-7-2-1-6-22(19)23/h1-7,11-12,17-18,27,29H,8-10,13-16H2,(H,26,30)/t17-,18+/m0/s1. The lowest BCUT2D eigenvalue weighted by atomic mass is 9.88. The van der Waals surface area contributed by atoms with Gasteiger partial charge in [0.1, 0.15) is 11.6 Å². The zero-order valence-corrected chi connectivity index (χ0v) is 17.4. The Labute approximate surface area is 181 Å². The lowest BCUT2D eigenvalue weighted by Gasteiger charge is -2.37. The van der Waals surface area contributed by atoms with Crippen LogP contribution in [0.4, 0.5) is 4.39 Å². The van der Waals surface area contributed by atoms with Gasteiger partial charge in [0, 0.05) is 55.3 Å². The molecule has 3 N–H and O–H groups in total. The molecule has 1 aliphatic heterocycles. The van der Waals surface area contributed by atoms with Crippen molar-refractivity contribution in [3.8, 4) is 5.75 Å². The molecule has 2 heterocycles. The number of halogens is 1. The fraction of sp³-hybridized carbons (Fsp3) is 0.375. The van der Waals surface area contributed by atoms with Gasteiger partial charge in [0.05, 0.1) is 19.1 Å². The smallest absolute Gasteiger partial charge is 0.224 e. The first-order valence-corrected chi connectivity index (χ1v) is 10.7. The maximum Gasteiger partial charge on any atom is 0.224 e. The molecule has 2 atom stereocenters. The third-order valence-corrected chi connectivity index (χ3v) is 5.75. The first-order chi connectivity index (χ1) is 15.1. The number of amides is 1. The van der Waals surface area contributed by atoms with Gasteiger partial charge in [-0.1, -0.05) is 24.3 Å². The van der Waals surface area contributed by atoms with E-state index in [4.69, 9.17) is 9.84 Å². The number of aromatic nitrogens is 1. The Hall–Kier alpha value is -2.90. The topological polar surface area (TPSA) is 77.6 Å². The van der Waals surface area contributed by atoms with Crippen molar-refractivity contribution in [2.75, 3.05) is 32.8 Å². The van der Waals surface area contributed by atoms with Crippen molar-refractivity contribution in [2.24, 2.45) is 11.8 Å². The van der Waals surface area contributed by atoms with Crippen molar-refractivity contribution < 1.29 is 19.0 Å².